The zero-order valence-corrected chi connectivity index (χ0v) is 17.1. The average Bonchev–Trinajstić information content (AvgIpc) is 2.81. The quantitative estimate of drug-likeness (QED) is 0.522. The summed E-state index contributed by atoms with van der Waals surface area (Å²) in [7, 11) is 0. The third kappa shape index (κ3) is 5.68. The number of halogens is 4. The van der Waals surface area contributed by atoms with Crippen LogP contribution in [-0.4, -0.2) is 47.1 Å². The van der Waals surface area contributed by atoms with Gasteiger partial charge in [-0.1, -0.05) is 0 Å². The number of hydrogen-bond donors (Lipinski definition) is 0. The number of amides is 1. The molecule has 3 heterocycles. The Hall–Kier alpha value is -3.89. The highest BCUT2D eigenvalue weighted by Crippen LogP contribution is 2.30. The number of pyridine rings is 2. The van der Waals surface area contributed by atoms with Gasteiger partial charge in [-0.15, -0.1) is 0 Å². The summed E-state index contributed by atoms with van der Waals surface area (Å²) in [6.45, 7) is 1.89. The van der Waals surface area contributed by atoms with Gasteiger partial charge in [0.25, 0.3) is 0 Å². The Morgan fingerprint density at radius 2 is 1.55 bits per heavy atom. The molecule has 1 aliphatic heterocycles. The van der Waals surface area contributed by atoms with E-state index in [0.29, 0.717) is 43.9 Å². The van der Waals surface area contributed by atoms with Crippen LogP contribution in [0, 0.1) is 5.82 Å². The lowest BCUT2D eigenvalue weighted by molar-refractivity contribution is -0.137. The summed E-state index contributed by atoms with van der Waals surface area (Å²) >= 11 is 0. The number of alkyl halides is 3. The van der Waals surface area contributed by atoms with Crippen LogP contribution >= 0.6 is 0 Å². The van der Waals surface area contributed by atoms with Crippen LogP contribution in [0.25, 0.3) is 0 Å². The number of aromatic nitrogens is 2. The van der Waals surface area contributed by atoms with E-state index in [1.165, 1.54) is 30.3 Å². The first kappa shape index (κ1) is 22.3. The maximum absolute atomic E-state index is 13.0. The lowest BCUT2D eigenvalue weighted by Crippen LogP contribution is -2.49. The average molecular weight is 462 g/mol. The van der Waals surface area contributed by atoms with Gasteiger partial charge in [0.1, 0.15) is 23.1 Å². The van der Waals surface area contributed by atoms with Gasteiger partial charge in [-0.3, -0.25) is 0 Å². The van der Waals surface area contributed by atoms with Crippen molar-refractivity contribution in [3.8, 4) is 17.4 Å². The molecule has 4 rings (SSSR count). The molecule has 1 amide bonds. The van der Waals surface area contributed by atoms with Crippen molar-refractivity contribution in [1.29, 1.82) is 0 Å². The molecule has 0 aliphatic carbocycles. The molecule has 2 aromatic heterocycles. The molecule has 0 atom stereocenters. The smallest absolute Gasteiger partial charge is 0.417 e. The Morgan fingerprint density at radius 1 is 0.848 bits per heavy atom. The molecule has 0 unspecified atom stereocenters. The summed E-state index contributed by atoms with van der Waals surface area (Å²) in [5.74, 6) is 0.842. The third-order valence-electron chi connectivity index (χ3n) is 4.89. The number of piperazine rings is 1. The molecular weight excluding hydrogens is 444 g/mol. The van der Waals surface area contributed by atoms with Crippen LogP contribution in [-0.2, 0) is 6.18 Å². The Morgan fingerprint density at radius 3 is 2.12 bits per heavy atom. The summed E-state index contributed by atoms with van der Waals surface area (Å²) in [5.41, 5.74) is -0.869. The maximum Gasteiger partial charge on any atom is 0.417 e. The molecule has 1 saturated heterocycles. The van der Waals surface area contributed by atoms with E-state index in [0.717, 1.165) is 18.3 Å². The second-order valence-corrected chi connectivity index (χ2v) is 7.13. The molecule has 0 bridgehead atoms. The number of hydrogen-bond acceptors (Lipinski definition) is 6. The van der Waals surface area contributed by atoms with E-state index < -0.39 is 23.7 Å². The highest BCUT2D eigenvalue weighted by Gasteiger charge is 2.30. The van der Waals surface area contributed by atoms with E-state index in [4.69, 9.17) is 9.47 Å². The normalized spacial score (nSPS) is 14.2. The van der Waals surface area contributed by atoms with Gasteiger partial charge in [-0.2, -0.15) is 13.2 Å². The van der Waals surface area contributed by atoms with Crippen molar-refractivity contribution >= 4 is 11.9 Å². The molecule has 0 N–H and O–H groups in total. The van der Waals surface area contributed by atoms with Crippen LogP contribution in [0.4, 0.5) is 28.2 Å². The fourth-order valence-electron chi connectivity index (χ4n) is 3.14. The van der Waals surface area contributed by atoms with Crippen LogP contribution in [0.3, 0.4) is 0 Å². The van der Waals surface area contributed by atoms with Crippen molar-refractivity contribution < 1.29 is 31.8 Å². The number of anilines is 1. The zero-order valence-electron chi connectivity index (χ0n) is 17.1. The number of carbonyl (C=O) groups excluding carboxylic acids is 1. The summed E-state index contributed by atoms with van der Waals surface area (Å²) in [5, 5.41) is 0. The molecule has 0 spiro atoms. The Bertz CT molecular complexity index is 1080. The van der Waals surface area contributed by atoms with Gasteiger partial charge in [0, 0.05) is 38.4 Å². The van der Waals surface area contributed by atoms with Crippen molar-refractivity contribution in [3.63, 3.8) is 0 Å². The number of ether oxygens (including phenoxy) is 2. The summed E-state index contributed by atoms with van der Waals surface area (Å²) in [6, 6.07) is 11.0. The van der Waals surface area contributed by atoms with E-state index in [9.17, 15) is 22.4 Å². The third-order valence-corrected chi connectivity index (χ3v) is 4.89. The molecule has 7 nitrogen and oxygen atoms in total. The van der Waals surface area contributed by atoms with Crippen molar-refractivity contribution in [2.75, 3.05) is 31.1 Å². The van der Waals surface area contributed by atoms with E-state index in [1.807, 2.05) is 4.90 Å². The second kappa shape index (κ2) is 9.31. The van der Waals surface area contributed by atoms with Gasteiger partial charge in [-0.25, -0.2) is 19.2 Å². The molecule has 1 fully saturated rings. The van der Waals surface area contributed by atoms with Crippen LogP contribution in [0.5, 0.6) is 17.4 Å². The predicted molar refractivity (Wildman–Crippen MR) is 110 cm³/mol. The van der Waals surface area contributed by atoms with Gasteiger partial charge >= 0.3 is 12.3 Å². The SMILES string of the molecule is O=C(Oc1ccc(Oc2ccc(C(F)(F)F)cn2)cc1)N1CCN(c2ccc(F)cn2)CC1. The van der Waals surface area contributed by atoms with Gasteiger partial charge < -0.3 is 19.3 Å². The van der Waals surface area contributed by atoms with E-state index in [-0.39, 0.29) is 11.6 Å². The van der Waals surface area contributed by atoms with E-state index in [2.05, 4.69) is 9.97 Å². The number of benzene rings is 1. The molecule has 33 heavy (non-hydrogen) atoms. The van der Waals surface area contributed by atoms with Gasteiger partial charge in [-0.05, 0) is 42.5 Å². The monoisotopic (exact) mass is 462 g/mol. The van der Waals surface area contributed by atoms with Crippen molar-refractivity contribution in [2.24, 2.45) is 0 Å². The summed E-state index contributed by atoms with van der Waals surface area (Å²) in [6.07, 6.45) is -3.14. The minimum Gasteiger partial charge on any atom is -0.439 e. The fraction of sp³-hybridized carbons (Fsp3) is 0.227. The molecular formula is C22H18F4N4O3. The van der Waals surface area contributed by atoms with Crippen LogP contribution in [0.1, 0.15) is 5.56 Å². The Kier molecular flexibility index (Phi) is 6.29. The first-order valence-corrected chi connectivity index (χ1v) is 9.92. The minimum atomic E-state index is -4.47. The number of carbonyl (C=O) groups is 1. The summed E-state index contributed by atoms with van der Waals surface area (Å²) < 4.78 is 61.6. The predicted octanol–water partition coefficient (Wildman–Crippen LogP) is 4.75. The van der Waals surface area contributed by atoms with Crippen LogP contribution < -0.4 is 14.4 Å². The molecule has 0 radical (unpaired) electrons. The van der Waals surface area contributed by atoms with Gasteiger partial charge in [0.15, 0.2) is 0 Å². The highest BCUT2D eigenvalue weighted by molar-refractivity contribution is 5.71. The van der Waals surface area contributed by atoms with Gasteiger partial charge in [0.05, 0.1) is 11.8 Å². The molecule has 172 valence electrons. The number of rotatable bonds is 4. The molecule has 3 aromatic rings. The Balaban J connectivity index is 1.28. The van der Waals surface area contributed by atoms with E-state index in [1.54, 1.807) is 11.0 Å². The Labute approximate surface area is 186 Å². The lowest BCUT2D eigenvalue weighted by Gasteiger charge is -2.34. The number of nitrogens with zero attached hydrogens (tertiary/aromatic N) is 4. The van der Waals surface area contributed by atoms with Crippen LogP contribution in [0.2, 0.25) is 0 Å². The first-order chi connectivity index (χ1) is 15.8. The first-order valence-electron chi connectivity index (χ1n) is 9.92. The largest absolute Gasteiger partial charge is 0.439 e. The van der Waals surface area contributed by atoms with E-state index >= 15 is 0 Å². The molecule has 0 saturated carbocycles. The molecule has 1 aliphatic rings. The molecule has 11 heteroatoms. The second-order valence-electron chi connectivity index (χ2n) is 7.13. The molecule has 1 aromatic carbocycles. The topological polar surface area (TPSA) is 67.8 Å². The summed E-state index contributed by atoms with van der Waals surface area (Å²) in [4.78, 5) is 23.6. The maximum atomic E-state index is 13.0. The lowest BCUT2D eigenvalue weighted by atomic mass is 10.3. The van der Waals surface area contributed by atoms with Gasteiger partial charge in [0.2, 0.25) is 5.88 Å². The van der Waals surface area contributed by atoms with Crippen molar-refractivity contribution in [3.05, 3.63) is 72.3 Å². The van der Waals surface area contributed by atoms with Crippen molar-refractivity contribution in [1.82, 2.24) is 14.9 Å². The minimum absolute atomic E-state index is 0.00117. The standard InChI is InChI=1S/C22H18F4N4O3/c23-16-2-7-19(27-14-16)29-9-11-30(12-10-29)21(31)33-18-5-3-17(4-6-18)32-20-8-1-15(13-28-20)22(24,25)26/h1-8,13-14H,9-12H2. The zero-order chi connectivity index (χ0) is 23.4. The fourth-order valence-corrected chi connectivity index (χ4v) is 3.14. The van der Waals surface area contributed by atoms with Crippen LogP contribution in [0.15, 0.2) is 60.9 Å². The van der Waals surface area contributed by atoms with Crippen molar-refractivity contribution in [2.45, 2.75) is 6.18 Å². The highest BCUT2D eigenvalue weighted by atomic mass is 19.4.